The summed E-state index contributed by atoms with van der Waals surface area (Å²) in [5.74, 6) is 1.92. The first-order valence-electron chi connectivity index (χ1n) is 6.51. The van der Waals surface area contributed by atoms with Crippen LogP contribution in [-0.2, 0) is 9.59 Å². The lowest BCUT2D eigenvalue weighted by atomic mass is 10.1. The van der Waals surface area contributed by atoms with Gasteiger partial charge < -0.3 is 10.2 Å². The van der Waals surface area contributed by atoms with E-state index >= 15 is 0 Å². The van der Waals surface area contributed by atoms with Crippen LogP contribution in [-0.4, -0.2) is 22.2 Å². The van der Waals surface area contributed by atoms with Crippen LogP contribution in [0.25, 0.3) is 0 Å². The number of unbranched alkanes of at least 4 members (excludes halogenated alkanes) is 6. The lowest BCUT2D eigenvalue weighted by Gasteiger charge is -2.00. The van der Waals surface area contributed by atoms with Crippen molar-refractivity contribution in [2.45, 2.75) is 58.3 Å². The number of rotatable bonds is 9. The van der Waals surface area contributed by atoms with E-state index in [1.165, 1.54) is 25.7 Å². The average molecular weight is 254 g/mol. The van der Waals surface area contributed by atoms with E-state index in [4.69, 9.17) is 10.2 Å². The summed E-state index contributed by atoms with van der Waals surface area (Å²) in [6.45, 7) is 2.17. The van der Waals surface area contributed by atoms with Gasteiger partial charge in [-0.15, -0.1) is 5.92 Å². The first kappa shape index (κ1) is 16.5. The topological polar surface area (TPSA) is 74.6 Å². The standard InChI is InChI=1S/C14H22O4/c1-2-3-4-5-6-7-8-9-10-12(14(17)18)11-13(15)16/h12H,2-8,11H2,1H3,(H,15,16)(H,17,18). The van der Waals surface area contributed by atoms with Crippen molar-refractivity contribution in [3.05, 3.63) is 0 Å². The summed E-state index contributed by atoms with van der Waals surface area (Å²) >= 11 is 0. The van der Waals surface area contributed by atoms with Gasteiger partial charge in [-0.25, -0.2) is 0 Å². The minimum atomic E-state index is -1.16. The van der Waals surface area contributed by atoms with Crippen LogP contribution in [0.4, 0.5) is 0 Å². The zero-order valence-electron chi connectivity index (χ0n) is 10.9. The summed E-state index contributed by atoms with van der Waals surface area (Å²) < 4.78 is 0. The number of carboxylic acid groups (broad SMARTS) is 2. The predicted molar refractivity (Wildman–Crippen MR) is 69.1 cm³/mol. The summed E-state index contributed by atoms with van der Waals surface area (Å²) in [6.07, 6.45) is 7.17. The van der Waals surface area contributed by atoms with E-state index in [9.17, 15) is 9.59 Å². The second-order valence-corrected chi connectivity index (χ2v) is 4.33. The van der Waals surface area contributed by atoms with Crippen LogP contribution < -0.4 is 0 Å². The molecule has 0 aliphatic heterocycles. The van der Waals surface area contributed by atoms with Gasteiger partial charge in [-0.2, -0.15) is 0 Å². The van der Waals surface area contributed by atoms with Gasteiger partial charge in [0.25, 0.3) is 0 Å². The smallest absolute Gasteiger partial charge is 0.319 e. The quantitative estimate of drug-likeness (QED) is 0.490. The van der Waals surface area contributed by atoms with Gasteiger partial charge in [0.2, 0.25) is 0 Å². The van der Waals surface area contributed by atoms with Crippen molar-refractivity contribution in [1.29, 1.82) is 0 Å². The monoisotopic (exact) mass is 254 g/mol. The summed E-state index contributed by atoms with van der Waals surface area (Å²) in [6, 6.07) is 0. The summed E-state index contributed by atoms with van der Waals surface area (Å²) in [7, 11) is 0. The Morgan fingerprint density at radius 3 is 2.22 bits per heavy atom. The van der Waals surface area contributed by atoms with Gasteiger partial charge in [0.05, 0.1) is 6.42 Å². The fourth-order valence-corrected chi connectivity index (χ4v) is 1.56. The molecular weight excluding hydrogens is 232 g/mol. The molecule has 0 aromatic heterocycles. The molecule has 4 nitrogen and oxygen atoms in total. The Hall–Kier alpha value is -1.50. The molecule has 4 heteroatoms. The molecule has 0 spiro atoms. The molecule has 0 saturated heterocycles. The molecule has 0 aliphatic carbocycles. The van der Waals surface area contributed by atoms with Crippen molar-refractivity contribution in [3.8, 4) is 11.8 Å². The molecule has 1 atom stereocenters. The van der Waals surface area contributed by atoms with Crippen LogP contribution in [0.2, 0.25) is 0 Å². The molecule has 18 heavy (non-hydrogen) atoms. The van der Waals surface area contributed by atoms with E-state index in [1.807, 2.05) is 0 Å². The molecule has 0 amide bonds. The van der Waals surface area contributed by atoms with E-state index < -0.39 is 24.3 Å². The molecule has 0 heterocycles. The van der Waals surface area contributed by atoms with Gasteiger partial charge in [-0.05, 0) is 6.42 Å². The van der Waals surface area contributed by atoms with Crippen molar-refractivity contribution in [2.24, 2.45) is 5.92 Å². The van der Waals surface area contributed by atoms with Gasteiger partial charge in [0.15, 0.2) is 0 Å². The zero-order chi connectivity index (χ0) is 13.8. The highest BCUT2D eigenvalue weighted by molar-refractivity contribution is 5.80. The van der Waals surface area contributed by atoms with E-state index in [0.29, 0.717) is 6.42 Å². The van der Waals surface area contributed by atoms with Gasteiger partial charge in [0, 0.05) is 6.42 Å². The van der Waals surface area contributed by atoms with Crippen LogP contribution in [0.3, 0.4) is 0 Å². The normalized spacial score (nSPS) is 11.4. The predicted octanol–water partition coefficient (Wildman–Crippen LogP) is 2.92. The Bertz CT molecular complexity index is 311. The summed E-state index contributed by atoms with van der Waals surface area (Å²) in [5.41, 5.74) is 0. The highest BCUT2D eigenvalue weighted by Gasteiger charge is 2.17. The van der Waals surface area contributed by atoms with Crippen molar-refractivity contribution in [2.75, 3.05) is 0 Å². The fourth-order valence-electron chi connectivity index (χ4n) is 1.56. The van der Waals surface area contributed by atoms with E-state index in [1.54, 1.807) is 0 Å². The van der Waals surface area contributed by atoms with Gasteiger partial charge in [0.1, 0.15) is 5.92 Å². The molecule has 0 fully saturated rings. The number of hydrogen-bond donors (Lipinski definition) is 2. The largest absolute Gasteiger partial charge is 0.481 e. The number of aliphatic carboxylic acids is 2. The third-order valence-electron chi connectivity index (χ3n) is 2.61. The molecular formula is C14H22O4. The molecule has 0 rings (SSSR count). The van der Waals surface area contributed by atoms with Crippen LogP contribution in [0.15, 0.2) is 0 Å². The van der Waals surface area contributed by atoms with Crippen LogP contribution >= 0.6 is 0 Å². The Balaban J connectivity index is 3.78. The number of hydrogen-bond acceptors (Lipinski definition) is 2. The van der Waals surface area contributed by atoms with Crippen molar-refractivity contribution in [3.63, 3.8) is 0 Å². The maximum atomic E-state index is 10.7. The first-order chi connectivity index (χ1) is 8.57. The Morgan fingerprint density at radius 2 is 1.67 bits per heavy atom. The molecule has 0 aliphatic rings. The van der Waals surface area contributed by atoms with Gasteiger partial charge in [-0.3, -0.25) is 9.59 Å². The number of carbonyl (C=O) groups is 2. The summed E-state index contributed by atoms with van der Waals surface area (Å²) in [5, 5.41) is 17.3. The van der Waals surface area contributed by atoms with Crippen LogP contribution in [0.5, 0.6) is 0 Å². The van der Waals surface area contributed by atoms with Gasteiger partial charge in [-0.1, -0.05) is 44.9 Å². The molecule has 0 aromatic rings. The first-order valence-corrected chi connectivity index (χ1v) is 6.51. The molecule has 0 radical (unpaired) electrons. The lowest BCUT2D eigenvalue weighted by Crippen LogP contribution is -2.15. The SMILES string of the molecule is CCCCCCCCC#CC(CC(=O)O)C(=O)O. The molecule has 1 unspecified atom stereocenters. The second kappa shape index (κ2) is 10.6. The zero-order valence-corrected chi connectivity index (χ0v) is 10.9. The Morgan fingerprint density at radius 1 is 1.06 bits per heavy atom. The summed E-state index contributed by atoms with van der Waals surface area (Å²) in [4.78, 5) is 21.1. The molecule has 0 aromatic carbocycles. The third kappa shape index (κ3) is 9.71. The van der Waals surface area contributed by atoms with E-state index in [2.05, 4.69) is 18.8 Å². The maximum absolute atomic E-state index is 10.7. The number of carboxylic acids is 2. The Kier molecular flexibility index (Phi) is 9.75. The van der Waals surface area contributed by atoms with E-state index in [-0.39, 0.29) is 0 Å². The van der Waals surface area contributed by atoms with Crippen LogP contribution in [0.1, 0.15) is 58.3 Å². The highest BCUT2D eigenvalue weighted by atomic mass is 16.4. The average Bonchev–Trinajstić information content (AvgIpc) is 2.30. The van der Waals surface area contributed by atoms with Crippen molar-refractivity contribution in [1.82, 2.24) is 0 Å². The molecule has 0 bridgehead atoms. The van der Waals surface area contributed by atoms with Crippen molar-refractivity contribution < 1.29 is 19.8 Å². The van der Waals surface area contributed by atoms with E-state index in [0.717, 1.165) is 12.8 Å². The minimum Gasteiger partial charge on any atom is -0.481 e. The third-order valence-corrected chi connectivity index (χ3v) is 2.61. The maximum Gasteiger partial charge on any atom is 0.319 e. The highest BCUT2D eigenvalue weighted by Crippen LogP contribution is 2.07. The van der Waals surface area contributed by atoms with Gasteiger partial charge >= 0.3 is 11.9 Å². The molecule has 102 valence electrons. The minimum absolute atomic E-state index is 0.432. The van der Waals surface area contributed by atoms with Crippen molar-refractivity contribution >= 4 is 11.9 Å². The van der Waals surface area contributed by atoms with Crippen LogP contribution in [0, 0.1) is 17.8 Å². The second-order valence-electron chi connectivity index (χ2n) is 4.33. The lowest BCUT2D eigenvalue weighted by molar-refractivity contribution is -0.146. The molecule has 0 saturated carbocycles. The fraction of sp³-hybridized carbons (Fsp3) is 0.714. The molecule has 2 N–H and O–H groups in total. The Labute approximate surface area is 108 Å².